The van der Waals surface area contributed by atoms with Gasteiger partial charge in [0, 0.05) is 6.61 Å². The van der Waals surface area contributed by atoms with E-state index in [0.29, 0.717) is 0 Å². The van der Waals surface area contributed by atoms with Crippen molar-refractivity contribution in [2.24, 2.45) is 0 Å². The van der Waals surface area contributed by atoms with Crippen molar-refractivity contribution in [2.45, 2.75) is 24.9 Å². The molecule has 1 fully saturated rings. The predicted molar refractivity (Wildman–Crippen MR) is 44.5 cm³/mol. The number of sulfone groups is 1. The van der Waals surface area contributed by atoms with Crippen molar-refractivity contribution < 1.29 is 18.6 Å². The van der Waals surface area contributed by atoms with Gasteiger partial charge in [0.1, 0.15) is 0 Å². The summed E-state index contributed by atoms with van der Waals surface area (Å²) in [5, 5.41) is 18.3. The van der Waals surface area contributed by atoms with E-state index in [4.69, 9.17) is 5.11 Å². The fraction of sp³-hybridized carbons (Fsp3) is 1.00. The Balaban J connectivity index is 2.55. The molecule has 0 aromatic heterocycles. The standard InChI is InChI=1S/C7H14O4S/c8-4-1-7(9)2-5-12(10,11)6-3-7/h8-9H,1-6H2. The van der Waals surface area contributed by atoms with Gasteiger partial charge >= 0.3 is 0 Å². The molecule has 0 unspecified atom stereocenters. The van der Waals surface area contributed by atoms with Crippen LogP contribution in [-0.2, 0) is 9.84 Å². The third-order valence-corrected chi connectivity index (χ3v) is 3.99. The fourth-order valence-electron chi connectivity index (χ4n) is 1.38. The Kier molecular flexibility index (Phi) is 2.75. The summed E-state index contributed by atoms with van der Waals surface area (Å²) >= 11 is 0. The van der Waals surface area contributed by atoms with Crippen LogP contribution in [0, 0.1) is 0 Å². The highest BCUT2D eigenvalue weighted by molar-refractivity contribution is 7.91. The molecule has 72 valence electrons. The molecule has 1 heterocycles. The van der Waals surface area contributed by atoms with Crippen molar-refractivity contribution in [1.82, 2.24) is 0 Å². The van der Waals surface area contributed by atoms with Crippen LogP contribution in [0.2, 0.25) is 0 Å². The van der Waals surface area contributed by atoms with Gasteiger partial charge in [-0.3, -0.25) is 0 Å². The Morgan fingerprint density at radius 2 is 1.75 bits per heavy atom. The van der Waals surface area contributed by atoms with Crippen LogP contribution in [0.5, 0.6) is 0 Å². The van der Waals surface area contributed by atoms with Crippen molar-refractivity contribution >= 4 is 9.84 Å². The Bertz CT molecular complexity index is 230. The van der Waals surface area contributed by atoms with Gasteiger partial charge in [0.25, 0.3) is 0 Å². The summed E-state index contributed by atoms with van der Waals surface area (Å²) in [5.74, 6) is 0.0903. The smallest absolute Gasteiger partial charge is 0.150 e. The van der Waals surface area contributed by atoms with Crippen molar-refractivity contribution in [3.05, 3.63) is 0 Å². The van der Waals surface area contributed by atoms with Crippen LogP contribution in [0.25, 0.3) is 0 Å². The van der Waals surface area contributed by atoms with E-state index in [1.54, 1.807) is 0 Å². The lowest BCUT2D eigenvalue weighted by molar-refractivity contribution is 0.00702. The normalized spacial score (nSPS) is 26.8. The monoisotopic (exact) mass is 194 g/mol. The SMILES string of the molecule is O=S1(=O)CCC(O)(CCO)CC1. The van der Waals surface area contributed by atoms with Crippen LogP contribution in [0.3, 0.4) is 0 Å². The van der Waals surface area contributed by atoms with Crippen LogP contribution in [0.4, 0.5) is 0 Å². The molecular formula is C7H14O4S. The molecule has 5 heteroatoms. The predicted octanol–water partition coefficient (Wildman–Crippen LogP) is -0.692. The third kappa shape index (κ3) is 2.43. The first-order chi connectivity index (χ1) is 5.47. The van der Waals surface area contributed by atoms with E-state index in [0.717, 1.165) is 0 Å². The molecule has 0 bridgehead atoms. The maximum atomic E-state index is 11.0. The fourth-order valence-corrected chi connectivity index (χ4v) is 2.96. The lowest BCUT2D eigenvalue weighted by atomic mass is 9.93. The third-order valence-electron chi connectivity index (χ3n) is 2.33. The molecule has 1 aliphatic rings. The second-order valence-corrected chi connectivity index (χ2v) is 5.65. The molecule has 2 N–H and O–H groups in total. The molecule has 0 aromatic rings. The number of hydrogen-bond acceptors (Lipinski definition) is 4. The minimum Gasteiger partial charge on any atom is -0.396 e. The zero-order chi connectivity index (χ0) is 9.24. The highest BCUT2D eigenvalue weighted by Crippen LogP contribution is 2.26. The van der Waals surface area contributed by atoms with Gasteiger partial charge in [-0.1, -0.05) is 0 Å². The van der Waals surface area contributed by atoms with Gasteiger partial charge in [0.15, 0.2) is 9.84 Å². The average molecular weight is 194 g/mol. The zero-order valence-electron chi connectivity index (χ0n) is 6.86. The molecule has 1 rings (SSSR count). The van der Waals surface area contributed by atoms with Crippen LogP contribution < -0.4 is 0 Å². The maximum Gasteiger partial charge on any atom is 0.150 e. The van der Waals surface area contributed by atoms with E-state index in [9.17, 15) is 13.5 Å². The Hall–Kier alpha value is -0.130. The van der Waals surface area contributed by atoms with Crippen LogP contribution >= 0.6 is 0 Å². The van der Waals surface area contributed by atoms with Crippen LogP contribution in [0.1, 0.15) is 19.3 Å². The first-order valence-corrected chi connectivity index (χ1v) is 5.83. The molecule has 0 spiro atoms. The number of rotatable bonds is 2. The molecule has 4 nitrogen and oxygen atoms in total. The van der Waals surface area contributed by atoms with E-state index < -0.39 is 15.4 Å². The molecule has 0 saturated carbocycles. The minimum absolute atomic E-state index is 0.0451. The summed E-state index contributed by atoms with van der Waals surface area (Å²) in [6.45, 7) is -0.0868. The molecule has 0 atom stereocenters. The molecule has 0 radical (unpaired) electrons. The lowest BCUT2D eigenvalue weighted by Gasteiger charge is -2.31. The van der Waals surface area contributed by atoms with Crippen molar-refractivity contribution in [2.75, 3.05) is 18.1 Å². The highest BCUT2D eigenvalue weighted by Gasteiger charge is 2.34. The van der Waals surface area contributed by atoms with Gasteiger partial charge in [0.2, 0.25) is 0 Å². The Morgan fingerprint density at radius 3 is 2.17 bits per heavy atom. The van der Waals surface area contributed by atoms with Crippen molar-refractivity contribution in [1.29, 1.82) is 0 Å². The molecule has 0 aromatic carbocycles. The summed E-state index contributed by atoms with van der Waals surface area (Å²) < 4.78 is 21.9. The van der Waals surface area contributed by atoms with E-state index in [1.165, 1.54) is 0 Å². The van der Waals surface area contributed by atoms with E-state index >= 15 is 0 Å². The van der Waals surface area contributed by atoms with Gasteiger partial charge < -0.3 is 10.2 Å². The highest BCUT2D eigenvalue weighted by atomic mass is 32.2. The van der Waals surface area contributed by atoms with E-state index in [-0.39, 0.29) is 37.4 Å². The van der Waals surface area contributed by atoms with Gasteiger partial charge in [-0.15, -0.1) is 0 Å². The van der Waals surface area contributed by atoms with Gasteiger partial charge in [0.05, 0.1) is 17.1 Å². The van der Waals surface area contributed by atoms with Gasteiger partial charge in [-0.25, -0.2) is 8.42 Å². The number of hydrogen-bond donors (Lipinski definition) is 2. The largest absolute Gasteiger partial charge is 0.396 e. The Labute approximate surface area is 72.1 Å². The summed E-state index contributed by atoms with van der Waals surface area (Å²) in [6, 6.07) is 0. The maximum absolute atomic E-state index is 11.0. The molecule has 1 saturated heterocycles. The summed E-state index contributed by atoms with van der Waals surface area (Å²) in [5.41, 5.74) is -0.944. The Morgan fingerprint density at radius 1 is 1.25 bits per heavy atom. The number of aliphatic hydroxyl groups excluding tert-OH is 1. The van der Waals surface area contributed by atoms with Gasteiger partial charge in [-0.05, 0) is 19.3 Å². The quantitative estimate of drug-likeness (QED) is 0.610. The second-order valence-electron chi connectivity index (χ2n) is 3.35. The van der Waals surface area contributed by atoms with Crippen LogP contribution in [0.15, 0.2) is 0 Å². The minimum atomic E-state index is -2.91. The molecular weight excluding hydrogens is 180 g/mol. The average Bonchev–Trinajstić information content (AvgIpc) is 1.98. The zero-order valence-corrected chi connectivity index (χ0v) is 7.68. The summed E-state index contributed by atoms with van der Waals surface area (Å²) in [4.78, 5) is 0. The van der Waals surface area contributed by atoms with Crippen molar-refractivity contribution in [3.63, 3.8) is 0 Å². The van der Waals surface area contributed by atoms with E-state index in [2.05, 4.69) is 0 Å². The molecule has 0 amide bonds. The molecule has 12 heavy (non-hydrogen) atoms. The molecule has 1 aliphatic heterocycles. The number of aliphatic hydroxyl groups is 2. The second kappa shape index (κ2) is 3.32. The van der Waals surface area contributed by atoms with Gasteiger partial charge in [-0.2, -0.15) is 0 Å². The first-order valence-electron chi connectivity index (χ1n) is 4.01. The van der Waals surface area contributed by atoms with E-state index in [1.807, 2.05) is 0 Å². The van der Waals surface area contributed by atoms with Crippen molar-refractivity contribution in [3.8, 4) is 0 Å². The van der Waals surface area contributed by atoms with Crippen LogP contribution in [-0.4, -0.2) is 42.3 Å². The molecule has 0 aliphatic carbocycles. The lowest BCUT2D eigenvalue weighted by Crippen LogP contribution is -2.39. The topological polar surface area (TPSA) is 74.6 Å². The first kappa shape index (κ1) is 9.95. The summed E-state index contributed by atoms with van der Waals surface area (Å²) in [6.07, 6.45) is 0.800. The summed E-state index contributed by atoms with van der Waals surface area (Å²) in [7, 11) is -2.91.